The van der Waals surface area contributed by atoms with E-state index in [-0.39, 0.29) is 11.6 Å². The van der Waals surface area contributed by atoms with Crippen molar-refractivity contribution in [2.45, 2.75) is 19.4 Å². The second kappa shape index (κ2) is 9.23. The summed E-state index contributed by atoms with van der Waals surface area (Å²) in [7, 11) is 0. The number of fused-ring (bicyclic) bond motifs is 1. The number of nitrogens with one attached hydrogen (secondary N) is 3. The Balaban J connectivity index is 1.70. The number of benzene rings is 2. The minimum Gasteiger partial charge on any atom is -0.491 e. The van der Waals surface area contributed by atoms with Gasteiger partial charge in [-0.25, -0.2) is 19.2 Å². The molecule has 0 aliphatic carbocycles. The minimum absolute atomic E-state index is 0.0302. The van der Waals surface area contributed by atoms with E-state index in [9.17, 15) is 14.0 Å². The molecule has 1 fully saturated rings. The number of amides is 2. The van der Waals surface area contributed by atoms with Gasteiger partial charge in [-0.3, -0.25) is 4.79 Å². The van der Waals surface area contributed by atoms with Crippen molar-refractivity contribution in [3.8, 4) is 5.75 Å². The zero-order valence-electron chi connectivity index (χ0n) is 16.9. The van der Waals surface area contributed by atoms with E-state index < -0.39 is 23.9 Å². The third kappa shape index (κ3) is 4.65. The topological polar surface area (TPSA) is 114 Å². The summed E-state index contributed by atoms with van der Waals surface area (Å²) in [4.78, 5) is 32.4. The molecule has 1 atom stereocenters. The van der Waals surface area contributed by atoms with Crippen molar-refractivity contribution in [2.75, 3.05) is 23.8 Å². The SMILES string of the molecule is CCCOc1cc2ncnc(Nc3ccc(F)c(Cl)c3)c2cc1NC(=O)[C@@H]1COC(=O)N1. The van der Waals surface area contributed by atoms with Crippen LogP contribution in [0, 0.1) is 5.82 Å². The van der Waals surface area contributed by atoms with Gasteiger partial charge in [0.25, 0.3) is 5.91 Å². The molecule has 0 bridgehead atoms. The molecule has 2 aromatic carbocycles. The molecule has 2 amide bonds. The van der Waals surface area contributed by atoms with Gasteiger partial charge in [-0.15, -0.1) is 0 Å². The van der Waals surface area contributed by atoms with Crippen LogP contribution < -0.4 is 20.7 Å². The quantitative estimate of drug-likeness (QED) is 0.489. The van der Waals surface area contributed by atoms with Crippen LogP contribution in [0.4, 0.5) is 26.4 Å². The zero-order valence-corrected chi connectivity index (χ0v) is 17.7. The molecule has 0 saturated carbocycles. The van der Waals surface area contributed by atoms with Crippen LogP contribution in [-0.2, 0) is 9.53 Å². The number of carbonyl (C=O) groups excluding carboxylic acids is 2. The fourth-order valence-corrected chi connectivity index (χ4v) is 3.25. The first-order valence-electron chi connectivity index (χ1n) is 9.82. The fraction of sp³-hybridized carbons (Fsp3) is 0.238. The van der Waals surface area contributed by atoms with E-state index in [1.54, 1.807) is 12.1 Å². The van der Waals surface area contributed by atoms with Gasteiger partial charge in [-0.2, -0.15) is 0 Å². The number of alkyl carbamates (subject to hydrolysis) is 1. The number of anilines is 3. The first kappa shape index (κ1) is 21.6. The van der Waals surface area contributed by atoms with Crippen molar-refractivity contribution < 1.29 is 23.5 Å². The van der Waals surface area contributed by atoms with Crippen LogP contribution in [0.25, 0.3) is 10.9 Å². The van der Waals surface area contributed by atoms with Gasteiger partial charge in [0.15, 0.2) is 0 Å². The van der Waals surface area contributed by atoms with E-state index in [1.165, 1.54) is 24.5 Å². The third-order valence-corrected chi connectivity index (χ3v) is 4.92. The fourth-order valence-electron chi connectivity index (χ4n) is 3.07. The highest BCUT2D eigenvalue weighted by atomic mass is 35.5. The molecule has 1 saturated heterocycles. The smallest absolute Gasteiger partial charge is 0.407 e. The summed E-state index contributed by atoms with van der Waals surface area (Å²) >= 11 is 5.87. The molecule has 166 valence electrons. The van der Waals surface area contributed by atoms with E-state index in [4.69, 9.17) is 21.1 Å². The van der Waals surface area contributed by atoms with E-state index in [0.29, 0.717) is 40.5 Å². The van der Waals surface area contributed by atoms with Gasteiger partial charge >= 0.3 is 6.09 Å². The van der Waals surface area contributed by atoms with Crippen LogP contribution >= 0.6 is 11.6 Å². The Morgan fingerprint density at radius 1 is 1.34 bits per heavy atom. The Kier molecular flexibility index (Phi) is 6.22. The van der Waals surface area contributed by atoms with Crippen molar-refractivity contribution in [2.24, 2.45) is 0 Å². The number of aromatic nitrogens is 2. The van der Waals surface area contributed by atoms with Crippen molar-refractivity contribution in [1.29, 1.82) is 0 Å². The number of nitrogens with zero attached hydrogens (tertiary/aromatic N) is 2. The molecule has 0 radical (unpaired) electrons. The Labute approximate surface area is 187 Å². The van der Waals surface area contributed by atoms with Crippen molar-refractivity contribution >= 4 is 51.7 Å². The summed E-state index contributed by atoms with van der Waals surface area (Å²) < 4.78 is 24.1. The molecule has 0 spiro atoms. The van der Waals surface area contributed by atoms with Crippen LogP contribution in [0.3, 0.4) is 0 Å². The molecular weight excluding hydrogens is 441 g/mol. The van der Waals surface area contributed by atoms with Crippen LogP contribution in [0.5, 0.6) is 5.75 Å². The largest absolute Gasteiger partial charge is 0.491 e. The first-order chi connectivity index (χ1) is 15.4. The molecule has 1 aliphatic rings. The molecule has 0 unspecified atom stereocenters. The molecule has 32 heavy (non-hydrogen) atoms. The highest BCUT2D eigenvalue weighted by Gasteiger charge is 2.29. The lowest BCUT2D eigenvalue weighted by molar-refractivity contribution is -0.117. The Hall–Kier alpha value is -3.66. The lowest BCUT2D eigenvalue weighted by Gasteiger charge is -2.16. The average Bonchev–Trinajstić information content (AvgIpc) is 3.22. The van der Waals surface area contributed by atoms with Gasteiger partial charge < -0.3 is 25.4 Å². The Bertz CT molecular complexity index is 1190. The van der Waals surface area contributed by atoms with E-state index in [1.807, 2.05) is 6.92 Å². The molecule has 11 heteroatoms. The number of hydrogen-bond acceptors (Lipinski definition) is 7. The third-order valence-electron chi connectivity index (χ3n) is 4.63. The summed E-state index contributed by atoms with van der Waals surface area (Å²) in [5.41, 5.74) is 1.48. The number of carbonyl (C=O) groups is 2. The van der Waals surface area contributed by atoms with E-state index in [2.05, 4.69) is 25.9 Å². The van der Waals surface area contributed by atoms with Crippen molar-refractivity contribution in [1.82, 2.24) is 15.3 Å². The van der Waals surface area contributed by atoms with Gasteiger partial charge in [0.1, 0.15) is 36.4 Å². The Morgan fingerprint density at radius 2 is 2.19 bits per heavy atom. The van der Waals surface area contributed by atoms with Crippen LogP contribution in [0.2, 0.25) is 5.02 Å². The second-order valence-corrected chi connectivity index (χ2v) is 7.38. The lowest BCUT2D eigenvalue weighted by Crippen LogP contribution is -2.38. The van der Waals surface area contributed by atoms with E-state index in [0.717, 1.165) is 6.42 Å². The molecule has 3 N–H and O–H groups in total. The standard InChI is InChI=1S/C21H19ClFN5O4/c1-2-5-31-18-8-15-12(7-16(18)27-20(29)17-9-32-21(30)28-17)19(25-10-24-15)26-11-3-4-14(23)13(22)6-11/h3-4,6-8,10,17H,2,5,9H2,1H3,(H,27,29)(H,28,30)(H,24,25,26)/t17-/m0/s1. The number of rotatable bonds is 7. The Morgan fingerprint density at radius 3 is 2.91 bits per heavy atom. The molecule has 9 nitrogen and oxygen atoms in total. The molecule has 3 aromatic rings. The minimum atomic E-state index is -0.816. The van der Waals surface area contributed by atoms with Crippen LogP contribution in [-0.4, -0.2) is 41.2 Å². The second-order valence-electron chi connectivity index (χ2n) is 6.97. The van der Waals surface area contributed by atoms with Gasteiger partial charge in [0.05, 0.1) is 22.8 Å². The van der Waals surface area contributed by atoms with Gasteiger partial charge in [0, 0.05) is 17.1 Å². The molecule has 1 aliphatic heterocycles. The number of cyclic esters (lactones) is 1. The summed E-state index contributed by atoms with van der Waals surface area (Å²) in [6.07, 6.45) is 1.49. The van der Waals surface area contributed by atoms with Crippen molar-refractivity contribution in [3.05, 3.63) is 47.5 Å². The predicted molar refractivity (Wildman–Crippen MR) is 117 cm³/mol. The van der Waals surface area contributed by atoms with E-state index >= 15 is 0 Å². The van der Waals surface area contributed by atoms with Crippen molar-refractivity contribution in [3.63, 3.8) is 0 Å². The van der Waals surface area contributed by atoms with Crippen LogP contribution in [0.1, 0.15) is 13.3 Å². The highest BCUT2D eigenvalue weighted by molar-refractivity contribution is 6.31. The summed E-state index contributed by atoms with van der Waals surface area (Å²) in [5.74, 6) is -0.135. The summed E-state index contributed by atoms with van der Waals surface area (Å²) in [6, 6.07) is 6.75. The van der Waals surface area contributed by atoms with Gasteiger partial charge in [0.2, 0.25) is 0 Å². The van der Waals surface area contributed by atoms with Crippen LogP contribution in [0.15, 0.2) is 36.7 Å². The lowest BCUT2D eigenvalue weighted by atomic mass is 10.1. The normalized spacial score (nSPS) is 15.2. The first-order valence-corrected chi connectivity index (χ1v) is 10.2. The maximum absolute atomic E-state index is 13.5. The van der Waals surface area contributed by atoms with Gasteiger partial charge in [-0.05, 0) is 30.7 Å². The zero-order chi connectivity index (χ0) is 22.7. The maximum Gasteiger partial charge on any atom is 0.407 e. The van der Waals surface area contributed by atoms with Gasteiger partial charge in [-0.1, -0.05) is 18.5 Å². The number of ether oxygens (including phenoxy) is 2. The number of hydrogen-bond donors (Lipinski definition) is 3. The molecule has 2 heterocycles. The predicted octanol–water partition coefficient (Wildman–Crippen LogP) is 4.00. The summed E-state index contributed by atoms with van der Waals surface area (Å²) in [5, 5.41) is 8.84. The highest BCUT2D eigenvalue weighted by Crippen LogP contribution is 2.34. The average molecular weight is 460 g/mol. The maximum atomic E-state index is 13.5. The molecule has 4 rings (SSSR count). The monoisotopic (exact) mass is 459 g/mol. The summed E-state index contributed by atoms with van der Waals surface area (Å²) in [6.45, 7) is 2.33. The number of halogens is 2. The molecular formula is C21H19ClFN5O4. The molecule has 1 aromatic heterocycles.